The third-order valence-corrected chi connectivity index (χ3v) is 5.47. The number of nitriles is 1. The molecular weight excluding hydrogens is 248 g/mol. The molecular formula is C13H16N2O2S. The lowest BCUT2D eigenvalue weighted by Gasteiger charge is -2.23. The summed E-state index contributed by atoms with van der Waals surface area (Å²) in [5, 5.41) is 9.00. The topological polar surface area (TPSA) is 61.2 Å². The van der Waals surface area contributed by atoms with E-state index in [1.54, 1.807) is 19.2 Å². The predicted molar refractivity (Wildman–Crippen MR) is 68.4 cm³/mol. The third kappa shape index (κ3) is 2.26. The number of sulfonamides is 1. The summed E-state index contributed by atoms with van der Waals surface area (Å²) in [5.41, 5.74) is 0.211. The zero-order valence-corrected chi connectivity index (χ0v) is 11.2. The normalized spacial score (nSPS) is 16.9. The summed E-state index contributed by atoms with van der Waals surface area (Å²) in [7, 11) is -1.94. The van der Waals surface area contributed by atoms with E-state index >= 15 is 0 Å². The molecule has 0 spiro atoms. The van der Waals surface area contributed by atoms with Crippen molar-refractivity contribution in [3.8, 4) is 6.07 Å². The Kier molecular flexibility index (Phi) is 3.69. The minimum atomic E-state index is -3.55. The second kappa shape index (κ2) is 5.09. The van der Waals surface area contributed by atoms with Gasteiger partial charge in [0.1, 0.15) is 6.07 Å². The molecule has 1 saturated carbocycles. The van der Waals surface area contributed by atoms with Crippen LogP contribution in [-0.4, -0.2) is 25.8 Å². The maximum atomic E-state index is 12.5. The van der Waals surface area contributed by atoms with Crippen molar-refractivity contribution in [3.05, 3.63) is 29.8 Å². The molecule has 1 fully saturated rings. The Balaban J connectivity index is 2.39. The Bertz CT molecular complexity index is 569. The van der Waals surface area contributed by atoms with Crippen LogP contribution in [0.5, 0.6) is 0 Å². The summed E-state index contributed by atoms with van der Waals surface area (Å²) in [4.78, 5) is 0.113. The fourth-order valence-corrected chi connectivity index (χ4v) is 3.96. The SMILES string of the molecule is CN(C1CCCC1)S(=O)(=O)c1ccccc1C#N. The highest BCUT2D eigenvalue weighted by Crippen LogP contribution is 2.28. The predicted octanol–water partition coefficient (Wildman–Crippen LogP) is 2.12. The molecule has 0 radical (unpaired) electrons. The Morgan fingerprint density at radius 1 is 1.28 bits per heavy atom. The van der Waals surface area contributed by atoms with Gasteiger partial charge in [-0.25, -0.2) is 8.42 Å². The number of rotatable bonds is 3. The quantitative estimate of drug-likeness (QED) is 0.840. The van der Waals surface area contributed by atoms with Crippen LogP contribution in [0.15, 0.2) is 29.2 Å². The Hall–Kier alpha value is -1.38. The van der Waals surface area contributed by atoms with Gasteiger partial charge in [0, 0.05) is 13.1 Å². The molecule has 0 saturated heterocycles. The van der Waals surface area contributed by atoms with E-state index in [1.807, 2.05) is 6.07 Å². The molecule has 0 aliphatic heterocycles. The van der Waals surface area contributed by atoms with Crippen LogP contribution in [0.2, 0.25) is 0 Å². The molecule has 18 heavy (non-hydrogen) atoms. The summed E-state index contributed by atoms with van der Waals surface area (Å²) in [6, 6.07) is 8.37. The maximum absolute atomic E-state index is 12.5. The fourth-order valence-electron chi connectivity index (χ4n) is 2.40. The van der Waals surface area contributed by atoms with Crippen molar-refractivity contribution in [3.63, 3.8) is 0 Å². The van der Waals surface area contributed by atoms with Crippen LogP contribution in [0, 0.1) is 11.3 Å². The molecule has 96 valence electrons. The van der Waals surface area contributed by atoms with Crippen molar-refractivity contribution in [2.45, 2.75) is 36.6 Å². The van der Waals surface area contributed by atoms with Crippen LogP contribution >= 0.6 is 0 Å². The lowest BCUT2D eigenvalue weighted by molar-refractivity contribution is 0.373. The van der Waals surface area contributed by atoms with Crippen LogP contribution in [0.3, 0.4) is 0 Å². The molecule has 1 aliphatic carbocycles. The average molecular weight is 264 g/mol. The highest BCUT2D eigenvalue weighted by Gasteiger charge is 2.31. The van der Waals surface area contributed by atoms with E-state index in [-0.39, 0.29) is 16.5 Å². The monoisotopic (exact) mass is 264 g/mol. The minimum absolute atomic E-state index is 0.0711. The van der Waals surface area contributed by atoms with Crippen LogP contribution < -0.4 is 0 Å². The van der Waals surface area contributed by atoms with Gasteiger partial charge in [-0.1, -0.05) is 25.0 Å². The van der Waals surface area contributed by atoms with Crippen LogP contribution in [0.1, 0.15) is 31.2 Å². The largest absolute Gasteiger partial charge is 0.244 e. The standard InChI is InChI=1S/C13H16N2O2S/c1-15(12-7-3-4-8-12)18(16,17)13-9-5-2-6-11(13)10-14/h2,5-6,9,12H,3-4,7-8H2,1H3. The third-order valence-electron chi connectivity index (χ3n) is 3.50. The van der Waals surface area contributed by atoms with E-state index in [9.17, 15) is 8.42 Å². The molecule has 2 rings (SSSR count). The Morgan fingerprint density at radius 3 is 2.50 bits per heavy atom. The molecule has 0 atom stereocenters. The molecule has 0 bridgehead atoms. The van der Waals surface area contributed by atoms with Gasteiger partial charge < -0.3 is 0 Å². The molecule has 5 heteroatoms. The molecule has 1 aliphatic rings. The Morgan fingerprint density at radius 2 is 1.89 bits per heavy atom. The molecule has 1 aromatic rings. The molecule has 0 N–H and O–H groups in total. The first-order valence-electron chi connectivity index (χ1n) is 6.04. The van der Waals surface area contributed by atoms with Crippen molar-refractivity contribution in [2.24, 2.45) is 0 Å². The molecule has 0 amide bonds. The minimum Gasteiger partial charge on any atom is -0.207 e. The highest BCUT2D eigenvalue weighted by atomic mass is 32.2. The molecule has 0 unspecified atom stereocenters. The van der Waals surface area contributed by atoms with Gasteiger partial charge in [0.2, 0.25) is 10.0 Å². The average Bonchev–Trinajstić information content (AvgIpc) is 2.91. The van der Waals surface area contributed by atoms with Gasteiger partial charge in [-0.2, -0.15) is 9.57 Å². The molecule has 0 heterocycles. The van der Waals surface area contributed by atoms with Gasteiger partial charge >= 0.3 is 0 Å². The maximum Gasteiger partial charge on any atom is 0.244 e. The van der Waals surface area contributed by atoms with Crippen molar-refractivity contribution < 1.29 is 8.42 Å². The lowest BCUT2D eigenvalue weighted by Crippen LogP contribution is -2.35. The number of benzene rings is 1. The van der Waals surface area contributed by atoms with Crippen molar-refractivity contribution in [2.75, 3.05) is 7.05 Å². The zero-order chi connectivity index (χ0) is 13.2. The summed E-state index contributed by atoms with van der Waals surface area (Å²) in [6.45, 7) is 0. The number of nitrogens with zero attached hydrogens (tertiary/aromatic N) is 2. The second-order valence-electron chi connectivity index (χ2n) is 4.57. The van der Waals surface area contributed by atoms with Crippen molar-refractivity contribution >= 4 is 10.0 Å². The van der Waals surface area contributed by atoms with Gasteiger partial charge in [0.15, 0.2) is 0 Å². The highest BCUT2D eigenvalue weighted by molar-refractivity contribution is 7.89. The van der Waals surface area contributed by atoms with Gasteiger partial charge in [-0.05, 0) is 25.0 Å². The molecule has 1 aromatic carbocycles. The van der Waals surface area contributed by atoms with Gasteiger partial charge in [0.25, 0.3) is 0 Å². The molecule has 4 nitrogen and oxygen atoms in total. The van der Waals surface area contributed by atoms with Crippen LogP contribution in [-0.2, 0) is 10.0 Å². The first-order valence-corrected chi connectivity index (χ1v) is 7.48. The van der Waals surface area contributed by atoms with E-state index in [0.29, 0.717) is 0 Å². The van der Waals surface area contributed by atoms with E-state index < -0.39 is 10.0 Å². The fraction of sp³-hybridized carbons (Fsp3) is 0.462. The summed E-state index contributed by atoms with van der Waals surface area (Å²) < 4.78 is 26.4. The summed E-state index contributed by atoms with van der Waals surface area (Å²) in [6.07, 6.45) is 3.96. The van der Waals surface area contributed by atoms with E-state index in [1.165, 1.54) is 16.4 Å². The Labute approximate surface area is 108 Å². The van der Waals surface area contributed by atoms with Gasteiger partial charge in [-0.3, -0.25) is 0 Å². The smallest absolute Gasteiger partial charge is 0.207 e. The lowest BCUT2D eigenvalue weighted by atomic mass is 10.2. The molecule has 0 aromatic heterocycles. The van der Waals surface area contributed by atoms with E-state index in [2.05, 4.69) is 0 Å². The van der Waals surface area contributed by atoms with Gasteiger partial charge in [0.05, 0.1) is 10.5 Å². The van der Waals surface area contributed by atoms with E-state index in [0.717, 1.165) is 25.7 Å². The zero-order valence-electron chi connectivity index (χ0n) is 10.3. The summed E-state index contributed by atoms with van der Waals surface area (Å²) in [5.74, 6) is 0. The van der Waals surface area contributed by atoms with Gasteiger partial charge in [-0.15, -0.1) is 0 Å². The summed E-state index contributed by atoms with van der Waals surface area (Å²) >= 11 is 0. The number of hydrogen-bond acceptors (Lipinski definition) is 3. The van der Waals surface area contributed by atoms with Crippen molar-refractivity contribution in [1.29, 1.82) is 5.26 Å². The van der Waals surface area contributed by atoms with Crippen molar-refractivity contribution in [1.82, 2.24) is 4.31 Å². The van der Waals surface area contributed by atoms with Crippen LogP contribution in [0.25, 0.3) is 0 Å². The van der Waals surface area contributed by atoms with Crippen LogP contribution in [0.4, 0.5) is 0 Å². The second-order valence-corrected chi connectivity index (χ2v) is 6.53. The first-order chi connectivity index (χ1) is 8.57. The van der Waals surface area contributed by atoms with E-state index in [4.69, 9.17) is 5.26 Å². The first kappa shape index (κ1) is 13.1. The number of hydrogen-bond donors (Lipinski definition) is 0.